The van der Waals surface area contributed by atoms with Gasteiger partial charge in [0.15, 0.2) is 0 Å². The lowest BCUT2D eigenvalue weighted by Gasteiger charge is -2.40. The number of nitrogens with one attached hydrogen (secondary N) is 1. The number of hydrogen-bond acceptors (Lipinski definition) is 5. The highest BCUT2D eigenvalue weighted by Gasteiger charge is 2.28. The van der Waals surface area contributed by atoms with E-state index in [9.17, 15) is 4.79 Å². The predicted octanol–water partition coefficient (Wildman–Crippen LogP) is 2.83. The number of aryl methyl sites for hydroxylation is 1. The number of amides is 2. The van der Waals surface area contributed by atoms with Gasteiger partial charge in [-0.3, -0.25) is 0 Å². The minimum atomic E-state index is -0.0674. The van der Waals surface area contributed by atoms with Crippen LogP contribution in [0.15, 0.2) is 36.4 Å². The molecule has 1 aliphatic rings. The van der Waals surface area contributed by atoms with Crippen molar-refractivity contribution in [3.8, 4) is 11.5 Å². The summed E-state index contributed by atoms with van der Waals surface area (Å²) in [5.41, 5.74) is 1.91. The summed E-state index contributed by atoms with van der Waals surface area (Å²) in [4.78, 5) is 21.4. The molecule has 28 heavy (non-hydrogen) atoms. The molecule has 2 aromatic rings. The second-order valence-electron chi connectivity index (χ2n) is 6.96. The lowest BCUT2D eigenvalue weighted by Crippen LogP contribution is -2.56. The largest absolute Gasteiger partial charge is 0.497 e. The maximum atomic E-state index is 12.7. The number of ether oxygens (including phenoxy) is 2. The van der Waals surface area contributed by atoms with Crippen LogP contribution in [0.3, 0.4) is 0 Å². The van der Waals surface area contributed by atoms with Gasteiger partial charge >= 0.3 is 6.03 Å². The number of benzene rings is 1. The van der Waals surface area contributed by atoms with E-state index in [1.807, 2.05) is 48.2 Å². The van der Waals surface area contributed by atoms with E-state index in [0.717, 1.165) is 35.9 Å². The van der Waals surface area contributed by atoms with Crippen LogP contribution in [0.4, 0.5) is 10.6 Å². The van der Waals surface area contributed by atoms with Gasteiger partial charge in [-0.25, -0.2) is 9.78 Å². The Kier molecular flexibility index (Phi) is 6.23. The van der Waals surface area contributed by atoms with E-state index >= 15 is 0 Å². The van der Waals surface area contributed by atoms with Crippen LogP contribution in [0.5, 0.6) is 11.5 Å². The van der Waals surface area contributed by atoms with Gasteiger partial charge in [-0.1, -0.05) is 6.07 Å². The van der Waals surface area contributed by atoms with Crippen molar-refractivity contribution < 1.29 is 14.3 Å². The van der Waals surface area contributed by atoms with E-state index in [1.165, 1.54) is 0 Å². The number of carbonyl (C=O) groups is 1. The number of rotatable bonds is 5. The number of methoxy groups -OCH3 is 2. The zero-order valence-corrected chi connectivity index (χ0v) is 16.9. The van der Waals surface area contributed by atoms with Gasteiger partial charge in [0.1, 0.15) is 17.3 Å². The van der Waals surface area contributed by atoms with Gasteiger partial charge < -0.3 is 24.6 Å². The summed E-state index contributed by atoms with van der Waals surface area (Å²) in [6.45, 7) is 6.64. The molecule has 1 aliphatic heterocycles. The third-order valence-electron chi connectivity index (χ3n) is 5.01. The Balaban J connectivity index is 1.58. The summed E-state index contributed by atoms with van der Waals surface area (Å²) in [5, 5.41) is 3.01. The summed E-state index contributed by atoms with van der Waals surface area (Å²) in [5.74, 6) is 2.39. The van der Waals surface area contributed by atoms with E-state index in [2.05, 4.69) is 22.1 Å². The number of anilines is 1. The molecule has 1 aromatic carbocycles. The van der Waals surface area contributed by atoms with Gasteiger partial charge in [0.05, 0.1) is 14.2 Å². The van der Waals surface area contributed by atoms with Gasteiger partial charge in [0, 0.05) is 49.5 Å². The first-order valence-electron chi connectivity index (χ1n) is 9.45. The molecule has 1 saturated heterocycles. The third kappa shape index (κ3) is 4.47. The lowest BCUT2D eigenvalue weighted by atomic mass is 10.1. The monoisotopic (exact) mass is 384 g/mol. The molecule has 2 heterocycles. The van der Waals surface area contributed by atoms with E-state index in [4.69, 9.17) is 9.47 Å². The van der Waals surface area contributed by atoms with E-state index in [0.29, 0.717) is 18.8 Å². The summed E-state index contributed by atoms with van der Waals surface area (Å²) < 4.78 is 10.6. The zero-order chi connectivity index (χ0) is 20.1. The van der Waals surface area contributed by atoms with Gasteiger partial charge in [-0.05, 0) is 38.1 Å². The Morgan fingerprint density at radius 3 is 2.71 bits per heavy atom. The van der Waals surface area contributed by atoms with Crippen molar-refractivity contribution in [1.82, 2.24) is 15.2 Å². The Hall–Kier alpha value is -2.96. The van der Waals surface area contributed by atoms with Crippen LogP contribution in [0.25, 0.3) is 0 Å². The molecular formula is C21H28N4O3. The molecule has 7 heteroatoms. The van der Waals surface area contributed by atoms with Crippen molar-refractivity contribution in [1.29, 1.82) is 0 Å². The first-order chi connectivity index (χ1) is 13.5. The molecule has 1 N–H and O–H groups in total. The van der Waals surface area contributed by atoms with Crippen molar-refractivity contribution in [2.24, 2.45) is 0 Å². The Labute approximate surface area is 166 Å². The highest BCUT2D eigenvalue weighted by Crippen LogP contribution is 2.24. The fourth-order valence-corrected chi connectivity index (χ4v) is 3.44. The second-order valence-corrected chi connectivity index (χ2v) is 6.96. The Morgan fingerprint density at radius 1 is 1.21 bits per heavy atom. The average Bonchev–Trinajstić information content (AvgIpc) is 2.71. The first-order valence-corrected chi connectivity index (χ1v) is 9.45. The topological polar surface area (TPSA) is 66.9 Å². The van der Waals surface area contributed by atoms with Crippen molar-refractivity contribution >= 4 is 11.8 Å². The third-order valence-corrected chi connectivity index (χ3v) is 5.01. The molecule has 1 atom stereocenters. The fourth-order valence-electron chi connectivity index (χ4n) is 3.44. The van der Waals surface area contributed by atoms with Gasteiger partial charge in [0.2, 0.25) is 0 Å². The number of hydrogen-bond donors (Lipinski definition) is 1. The van der Waals surface area contributed by atoms with Crippen LogP contribution in [-0.4, -0.2) is 55.8 Å². The minimum absolute atomic E-state index is 0.0674. The number of piperazine rings is 1. The molecule has 0 spiro atoms. The SMILES string of the molecule is COc1ccc(CNC(=O)N2CCN(c3cccc(C)n3)CC2C)c(OC)c1. The summed E-state index contributed by atoms with van der Waals surface area (Å²) in [6, 6.07) is 11.6. The summed E-state index contributed by atoms with van der Waals surface area (Å²) in [6.07, 6.45) is 0. The first kappa shape index (κ1) is 19.8. The quantitative estimate of drug-likeness (QED) is 0.859. The van der Waals surface area contributed by atoms with Crippen molar-refractivity contribution in [2.45, 2.75) is 26.4 Å². The Bertz CT molecular complexity index is 827. The summed E-state index contributed by atoms with van der Waals surface area (Å²) >= 11 is 0. The maximum Gasteiger partial charge on any atom is 0.318 e. The smallest absolute Gasteiger partial charge is 0.318 e. The maximum absolute atomic E-state index is 12.7. The number of urea groups is 1. The molecule has 0 saturated carbocycles. The molecule has 2 amide bonds. The molecule has 0 bridgehead atoms. The number of pyridine rings is 1. The molecular weight excluding hydrogens is 356 g/mol. The van der Waals surface area contributed by atoms with E-state index in [-0.39, 0.29) is 12.1 Å². The standard InChI is InChI=1S/C21H28N4O3/c1-15-6-5-7-20(23-15)24-10-11-25(16(2)14-24)21(26)22-13-17-8-9-18(27-3)12-19(17)28-4/h5-9,12,16H,10-11,13-14H2,1-4H3,(H,22,26). The molecule has 3 rings (SSSR count). The normalized spacial score (nSPS) is 16.6. The number of carbonyl (C=O) groups excluding carboxylic acids is 1. The van der Waals surface area contributed by atoms with E-state index < -0.39 is 0 Å². The molecule has 150 valence electrons. The molecule has 1 unspecified atom stereocenters. The Morgan fingerprint density at radius 2 is 2.04 bits per heavy atom. The highest BCUT2D eigenvalue weighted by atomic mass is 16.5. The van der Waals surface area contributed by atoms with Crippen molar-refractivity contribution in [3.63, 3.8) is 0 Å². The molecule has 1 aromatic heterocycles. The fraction of sp³-hybridized carbons (Fsp3) is 0.429. The van der Waals surface area contributed by atoms with Gasteiger partial charge in [-0.15, -0.1) is 0 Å². The van der Waals surface area contributed by atoms with Crippen LogP contribution in [-0.2, 0) is 6.54 Å². The molecule has 0 aliphatic carbocycles. The van der Waals surface area contributed by atoms with Crippen LogP contribution in [0.2, 0.25) is 0 Å². The van der Waals surface area contributed by atoms with Crippen LogP contribution >= 0.6 is 0 Å². The summed E-state index contributed by atoms with van der Waals surface area (Å²) in [7, 11) is 3.23. The van der Waals surface area contributed by atoms with Crippen LogP contribution in [0.1, 0.15) is 18.2 Å². The predicted molar refractivity (Wildman–Crippen MR) is 109 cm³/mol. The van der Waals surface area contributed by atoms with Crippen molar-refractivity contribution in [2.75, 3.05) is 38.8 Å². The number of nitrogens with zero attached hydrogens (tertiary/aromatic N) is 3. The second kappa shape index (κ2) is 8.82. The minimum Gasteiger partial charge on any atom is -0.497 e. The molecule has 1 fully saturated rings. The molecule has 0 radical (unpaired) electrons. The zero-order valence-electron chi connectivity index (χ0n) is 16.9. The molecule has 7 nitrogen and oxygen atoms in total. The van der Waals surface area contributed by atoms with E-state index in [1.54, 1.807) is 14.2 Å². The van der Waals surface area contributed by atoms with Crippen molar-refractivity contribution in [3.05, 3.63) is 47.7 Å². The van der Waals surface area contributed by atoms with Gasteiger partial charge in [-0.2, -0.15) is 0 Å². The van der Waals surface area contributed by atoms with Crippen LogP contribution < -0.4 is 19.7 Å². The number of aromatic nitrogens is 1. The van der Waals surface area contributed by atoms with Gasteiger partial charge in [0.25, 0.3) is 0 Å². The van der Waals surface area contributed by atoms with Crippen LogP contribution in [0, 0.1) is 6.92 Å². The lowest BCUT2D eigenvalue weighted by molar-refractivity contribution is 0.171. The highest BCUT2D eigenvalue weighted by molar-refractivity contribution is 5.75. The average molecular weight is 384 g/mol.